The van der Waals surface area contributed by atoms with Crippen LogP contribution < -0.4 is 5.32 Å². The lowest BCUT2D eigenvalue weighted by molar-refractivity contribution is -0.124. The molecule has 0 radical (unpaired) electrons. The molecule has 2 heteroatoms. The Kier molecular flexibility index (Phi) is 3.28. The molecule has 0 heterocycles. The van der Waals surface area contributed by atoms with Crippen molar-refractivity contribution in [1.82, 2.24) is 5.32 Å². The van der Waals surface area contributed by atoms with E-state index in [1.807, 2.05) is 13.8 Å². The Bertz CT molecular complexity index is 380. The summed E-state index contributed by atoms with van der Waals surface area (Å²) in [5.41, 5.74) is 2.63. The van der Waals surface area contributed by atoms with Crippen LogP contribution in [-0.4, -0.2) is 5.91 Å². The third-order valence-electron chi connectivity index (χ3n) is 2.99. The van der Waals surface area contributed by atoms with Gasteiger partial charge in [-0.25, -0.2) is 0 Å². The third kappa shape index (κ3) is 2.84. The highest BCUT2D eigenvalue weighted by molar-refractivity contribution is 5.77. The highest BCUT2D eigenvalue weighted by Crippen LogP contribution is 2.40. The monoisotopic (exact) mass is 217 g/mol. The SMILES string of the molecule is CC(C)C(=O)NCc1cccc(C2CC2)c1. The summed E-state index contributed by atoms with van der Waals surface area (Å²) in [4.78, 5) is 11.4. The summed E-state index contributed by atoms with van der Waals surface area (Å²) in [6.45, 7) is 4.48. The van der Waals surface area contributed by atoms with Crippen molar-refractivity contribution < 1.29 is 4.79 Å². The fourth-order valence-electron chi connectivity index (χ4n) is 1.77. The summed E-state index contributed by atoms with van der Waals surface area (Å²) in [6, 6.07) is 8.57. The van der Waals surface area contributed by atoms with Crippen LogP contribution in [0.2, 0.25) is 0 Å². The Labute approximate surface area is 97.1 Å². The fourth-order valence-corrected chi connectivity index (χ4v) is 1.77. The second-order valence-corrected chi connectivity index (χ2v) is 4.89. The Morgan fingerprint density at radius 3 is 2.81 bits per heavy atom. The molecule has 0 aliphatic heterocycles. The van der Waals surface area contributed by atoms with Crippen LogP contribution in [0.15, 0.2) is 24.3 Å². The van der Waals surface area contributed by atoms with E-state index in [1.165, 1.54) is 24.0 Å². The van der Waals surface area contributed by atoms with Crippen LogP contribution >= 0.6 is 0 Å². The van der Waals surface area contributed by atoms with Crippen molar-refractivity contribution in [1.29, 1.82) is 0 Å². The molecule has 0 spiro atoms. The zero-order valence-corrected chi connectivity index (χ0v) is 9.99. The average Bonchev–Trinajstić information content (AvgIpc) is 3.10. The predicted octanol–water partition coefficient (Wildman–Crippen LogP) is 2.84. The maximum absolute atomic E-state index is 11.4. The van der Waals surface area contributed by atoms with Crippen molar-refractivity contribution in [3.8, 4) is 0 Å². The first kappa shape index (κ1) is 11.2. The van der Waals surface area contributed by atoms with Gasteiger partial charge in [-0.1, -0.05) is 38.1 Å². The Hall–Kier alpha value is -1.31. The van der Waals surface area contributed by atoms with Crippen molar-refractivity contribution in [2.24, 2.45) is 5.92 Å². The van der Waals surface area contributed by atoms with Crippen LogP contribution in [0.1, 0.15) is 43.7 Å². The summed E-state index contributed by atoms with van der Waals surface area (Å²) in [5.74, 6) is 0.962. The number of rotatable bonds is 4. The van der Waals surface area contributed by atoms with Crippen LogP contribution in [0.4, 0.5) is 0 Å². The largest absolute Gasteiger partial charge is 0.352 e. The van der Waals surface area contributed by atoms with E-state index < -0.39 is 0 Å². The lowest BCUT2D eigenvalue weighted by Gasteiger charge is -2.08. The molecule has 0 bridgehead atoms. The molecule has 0 atom stereocenters. The first-order valence-electron chi connectivity index (χ1n) is 6.03. The van der Waals surface area contributed by atoms with E-state index in [9.17, 15) is 4.79 Å². The Balaban J connectivity index is 1.93. The number of carbonyl (C=O) groups excluding carboxylic acids is 1. The number of carbonyl (C=O) groups is 1. The molecule has 1 aromatic rings. The molecule has 1 aromatic carbocycles. The number of benzene rings is 1. The van der Waals surface area contributed by atoms with Gasteiger partial charge < -0.3 is 5.32 Å². The lowest BCUT2D eigenvalue weighted by atomic mass is 10.1. The molecule has 0 unspecified atom stereocenters. The maximum Gasteiger partial charge on any atom is 0.222 e. The van der Waals surface area contributed by atoms with Crippen LogP contribution in [0.3, 0.4) is 0 Å². The van der Waals surface area contributed by atoms with E-state index in [2.05, 4.69) is 29.6 Å². The highest BCUT2D eigenvalue weighted by atomic mass is 16.1. The Morgan fingerprint density at radius 2 is 2.19 bits per heavy atom. The second-order valence-electron chi connectivity index (χ2n) is 4.89. The number of hydrogen-bond donors (Lipinski definition) is 1. The predicted molar refractivity (Wildman–Crippen MR) is 65.1 cm³/mol. The van der Waals surface area contributed by atoms with E-state index in [1.54, 1.807) is 0 Å². The summed E-state index contributed by atoms with van der Waals surface area (Å²) in [7, 11) is 0. The van der Waals surface area contributed by atoms with Gasteiger partial charge >= 0.3 is 0 Å². The van der Waals surface area contributed by atoms with E-state index in [-0.39, 0.29) is 11.8 Å². The van der Waals surface area contributed by atoms with Crippen molar-refractivity contribution in [2.75, 3.05) is 0 Å². The van der Waals surface area contributed by atoms with Gasteiger partial charge in [0.2, 0.25) is 5.91 Å². The maximum atomic E-state index is 11.4. The normalized spacial score (nSPS) is 15.2. The minimum absolute atomic E-state index is 0.0617. The fraction of sp³-hybridized carbons (Fsp3) is 0.500. The van der Waals surface area contributed by atoms with Gasteiger partial charge in [0.25, 0.3) is 0 Å². The smallest absolute Gasteiger partial charge is 0.222 e. The molecule has 1 N–H and O–H groups in total. The molecule has 16 heavy (non-hydrogen) atoms. The van der Waals surface area contributed by atoms with Gasteiger partial charge in [0.1, 0.15) is 0 Å². The van der Waals surface area contributed by atoms with Crippen molar-refractivity contribution >= 4 is 5.91 Å². The summed E-state index contributed by atoms with van der Waals surface area (Å²) >= 11 is 0. The molecular weight excluding hydrogens is 198 g/mol. The van der Waals surface area contributed by atoms with Crippen molar-refractivity contribution in [2.45, 2.75) is 39.2 Å². The zero-order chi connectivity index (χ0) is 11.5. The highest BCUT2D eigenvalue weighted by Gasteiger charge is 2.23. The molecule has 1 fully saturated rings. The van der Waals surface area contributed by atoms with E-state index in [0.717, 1.165) is 5.92 Å². The van der Waals surface area contributed by atoms with E-state index in [4.69, 9.17) is 0 Å². The molecule has 1 aliphatic carbocycles. The number of nitrogens with one attached hydrogen (secondary N) is 1. The minimum atomic E-state index is 0.0617. The molecule has 1 aliphatic rings. The van der Waals surface area contributed by atoms with Crippen LogP contribution in [0.5, 0.6) is 0 Å². The van der Waals surface area contributed by atoms with Gasteiger partial charge in [0.15, 0.2) is 0 Å². The van der Waals surface area contributed by atoms with Gasteiger partial charge in [-0.3, -0.25) is 4.79 Å². The number of amides is 1. The molecule has 0 aromatic heterocycles. The van der Waals surface area contributed by atoms with E-state index in [0.29, 0.717) is 6.54 Å². The lowest BCUT2D eigenvalue weighted by Crippen LogP contribution is -2.27. The molecule has 0 saturated heterocycles. The van der Waals surface area contributed by atoms with Gasteiger partial charge in [-0.2, -0.15) is 0 Å². The van der Waals surface area contributed by atoms with Crippen LogP contribution in [0, 0.1) is 5.92 Å². The molecule has 2 rings (SSSR count). The van der Waals surface area contributed by atoms with Gasteiger partial charge in [0, 0.05) is 12.5 Å². The summed E-state index contributed by atoms with van der Waals surface area (Å²) < 4.78 is 0. The molecule has 1 amide bonds. The average molecular weight is 217 g/mol. The standard InChI is InChI=1S/C14H19NO/c1-10(2)14(16)15-9-11-4-3-5-13(8-11)12-6-7-12/h3-5,8,10,12H,6-7,9H2,1-2H3,(H,15,16). The topological polar surface area (TPSA) is 29.1 Å². The molecule has 2 nitrogen and oxygen atoms in total. The van der Waals surface area contributed by atoms with Crippen molar-refractivity contribution in [3.05, 3.63) is 35.4 Å². The van der Waals surface area contributed by atoms with Crippen LogP contribution in [-0.2, 0) is 11.3 Å². The molecule has 1 saturated carbocycles. The van der Waals surface area contributed by atoms with Gasteiger partial charge in [0.05, 0.1) is 0 Å². The van der Waals surface area contributed by atoms with Gasteiger partial charge in [-0.15, -0.1) is 0 Å². The Morgan fingerprint density at radius 1 is 1.44 bits per heavy atom. The minimum Gasteiger partial charge on any atom is -0.352 e. The number of hydrogen-bond acceptors (Lipinski definition) is 1. The third-order valence-corrected chi connectivity index (χ3v) is 2.99. The zero-order valence-electron chi connectivity index (χ0n) is 9.99. The molecular formula is C14H19NO. The second kappa shape index (κ2) is 4.69. The first-order chi connectivity index (χ1) is 7.66. The molecule has 86 valence electrons. The summed E-state index contributed by atoms with van der Waals surface area (Å²) in [5, 5.41) is 2.95. The van der Waals surface area contributed by atoms with Crippen LogP contribution in [0.25, 0.3) is 0 Å². The summed E-state index contributed by atoms with van der Waals surface area (Å²) in [6.07, 6.45) is 2.64. The van der Waals surface area contributed by atoms with Crippen molar-refractivity contribution in [3.63, 3.8) is 0 Å². The quantitative estimate of drug-likeness (QED) is 0.825. The van der Waals surface area contributed by atoms with E-state index >= 15 is 0 Å². The van der Waals surface area contributed by atoms with Gasteiger partial charge in [-0.05, 0) is 29.9 Å². The first-order valence-corrected chi connectivity index (χ1v) is 6.03.